The minimum atomic E-state index is -4.00. The number of Topliss-reactive ketones (excluding diaryl/α,β-unsaturated/α-hetero) is 1. The van der Waals surface area contributed by atoms with Gasteiger partial charge in [0.15, 0.2) is 0 Å². The van der Waals surface area contributed by atoms with Crippen LogP contribution in [0.3, 0.4) is 0 Å². The molecule has 0 fully saturated rings. The topological polar surface area (TPSA) is 29.1 Å². The third kappa shape index (κ3) is 20.0. The Morgan fingerprint density at radius 2 is 1.75 bits per heavy atom. The number of hydrogen-bond acceptors (Lipinski definition) is 3. The number of rotatable bonds is 6. The van der Waals surface area contributed by atoms with Crippen molar-refractivity contribution in [2.24, 2.45) is 0 Å². The molecule has 1 unspecified atom stereocenters. The van der Waals surface area contributed by atoms with E-state index < -0.39 is 6.18 Å². The fourth-order valence-electron chi connectivity index (χ4n) is 2.37. The highest BCUT2D eigenvalue weighted by Crippen LogP contribution is 2.27. The van der Waals surface area contributed by atoms with Crippen molar-refractivity contribution in [2.75, 3.05) is 7.05 Å². The van der Waals surface area contributed by atoms with Crippen LogP contribution in [0.1, 0.15) is 65.5 Å². The Labute approximate surface area is 197 Å². The summed E-state index contributed by atoms with van der Waals surface area (Å²) in [5.41, 5.74) is 5.58. The highest BCUT2D eigenvalue weighted by molar-refractivity contribution is 7.08. The molecule has 0 bridgehead atoms. The van der Waals surface area contributed by atoms with E-state index in [-0.39, 0.29) is 12.7 Å². The van der Waals surface area contributed by atoms with Gasteiger partial charge in [0, 0.05) is 19.4 Å². The molecule has 0 saturated heterocycles. The standard InChI is InChI=1S/C14H16S.C6H13NO.C4H8.C2H3F3/c1-3-5-12-6-4-7-13(8-12)14-10-15-9-11(14)2;1-5(7-3)4-6(2)8;1-3-4-2;1-2(3,4)5/h4,6-10H,3,5H2,1-2H3;5,7H,4H2,1-3H3;3-4H,1-2H3;1H3/b;;4-3+;. The number of benzene rings is 1. The third-order valence-corrected chi connectivity index (χ3v) is 4.91. The van der Waals surface area contributed by atoms with Crippen LogP contribution < -0.4 is 5.32 Å². The van der Waals surface area contributed by atoms with Crippen molar-refractivity contribution in [1.29, 1.82) is 0 Å². The summed E-state index contributed by atoms with van der Waals surface area (Å²) in [7, 11) is 1.85. The third-order valence-electron chi connectivity index (χ3n) is 4.05. The SMILES string of the molecule is C/C=C/C.CC(F)(F)F.CCCc1cccc(-c2cscc2C)c1.CNC(C)CC(C)=O. The van der Waals surface area contributed by atoms with Gasteiger partial charge in [0.25, 0.3) is 0 Å². The molecule has 2 rings (SSSR count). The highest BCUT2D eigenvalue weighted by Gasteiger charge is 2.15. The molecule has 0 amide bonds. The number of ketones is 1. The first kappa shape index (κ1) is 32.3. The highest BCUT2D eigenvalue weighted by atomic mass is 32.1. The predicted molar refractivity (Wildman–Crippen MR) is 135 cm³/mol. The van der Waals surface area contributed by atoms with Gasteiger partial charge in [-0.3, -0.25) is 4.79 Å². The second kappa shape index (κ2) is 18.6. The monoisotopic (exact) mass is 471 g/mol. The number of thiophene rings is 1. The van der Waals surface area contributed by atoms with E-state index in [1.165, 1.54) is 35.1 Å². The van der Waals surface area contributed by atoms with E-state index in [4.69, 9.17) is 0 Å². The van der Waals surface area contributed by atoms with Crippen LogP contribution in [0.5, 0.6) is 0 Å². The van der Waals surface area contributed by atoms with Gasteiger partial charge in [-0.2, -0.15) is 24.5 Å². The van der Waals surface area contributed by atoms with E-state index in [0.717, 1.165) is 0 Å². The molecule has 0 aliphatic rings. The molecular formula is C26H40F3NOS. The first-order valence-electron chi connectivity index (χ1n) is 10.8. The van der Waals surface area contributed by atoms with Crippen LogP contribution in [0.15, 0.2) is 47.2 Å². The normalized spacial score (nSPS) is 11.3. The number of aryl methyl sites for hydroxylation is 2. The summed E-state index contributed by atoms with van der Waals surface area (Å²) in [6.45, 7) is 12.2. The Balaban J connectivity index is 0. The molecule has 1 heterocycles. The van der Waals surface area contributed by atoms with Crippen molar-refractivity contribution in [3.8, 4) is 11.1 Å². The van der Waals surface area contributed by atoms with Gasteiger partial charge in [0.1, 0.15) is 5.78 Å². The summed E-state index contributed by atoms with van der Waals surface area (Å²) in [6, 6.07) is 9.23. The van der Waals surface area contributed by atoms with Crippen LogP contribution >= 0.6 is 11.3 Å². The Hall–Kier alpha value is -1.92. The van der Waals surface area contributed by atoms with Gasteiger partial charge in [-0.1, -0.05) is 49.8 Å². The quantitative estimate of drug-likeness (QED) is 0.429. The number of hydrogen-bond donors (Lipinski definition) is 1. The van der Waals surface area contributed by atoms with Crippen LogP contribution in [0.25, 0.3) is 11.1 Å². The average Bonchev–Trinajstić information content (AvgIpc) is 3.13. The van der Waals surface area contributed by atoms with Crippen molar-refractivity contribution in [1.82, 2.24) is 5.32 Å². The van der Waals surface area contributed by atoms with Gasteiger partial charge < -0.3 is 5.32 Å². The fraction of sp³-hybridized carbons (Fsp3) is 0.500. The van der Waals surface area contributed by atoms with Crippen LogP contribution in [-0.4, -0.2) is 25.0 Å². The number of alkyl halides is 3. The van der Waals surface area contributed by atoms with E-state index in [1.54, 1.807) is 18.3 Å². The van der Waals surface area contributed by atoms with Gasteiger partial charge in [-0.25, -0.2) is 0 Å². The van der Waals surface area contributed by atoms with Crippen molar-refractivity contribution < 1.29 is 18.0 Å². The lowest BCUT2D eigenvalue weighted by atomic mass is 10.0. The lowest BCUT2D eigenvalue weighted by Gasteiger charge is -2.04. The van der Waals surface area contributed by atoms with E-state index >= 15 is 0 Å². The average molecular weight is 472 g/mol. The molecule has 1 aromatic carbocycles. The predicted octanol–water partition coefficient (Wildman–Crippen LogP) is 8.40. The minimum Gasteiger partial charge on any atom is -0.317 e. The Morgan fingerprint density at radius 1 is 1.19 bits per heavy atom. The molecule has 182 valence electrons. The summed E-state index contributed by atoms with van der Waals surface area (Å²) in [5.74, 6) is 0.242. The number of allylic oxidation sites excluding steroid dienone is 2. The molecule has 0 radical (unpaired) electrons. The fourth-order valence-corrected chi connectivity index (χ4v) is 3.23. The first-order chi connectivity index (χ1) is 14.9. The van der Waals surface area contributed by atoms with Gasteiger partial charge in [-0.05, 0) is 81.1 Å². The number of carbonyl (C=O) groups is 1. The van der Waals surface area contributed by atoms with Crippen molar-refractivity contribution in [3.63, 3.8) is 0 Å². The molecule has 0 aliphatic carbocycles. The molecule has 2 nitrogen and oxygen atoms in total. The number of carbonyl (C=O) groups excluding carboxylic acids is 1. The zero-order valence-electron chi connectivity index (χ0n) is 20.8. The Kier molecular flexibility index (Phi) is 18.8. The van der Waals surface area contributed by atoms with Crippen LogP contribution in [0.2, 0.25) is 0 Å². The van der Waals surface area contributed by atoms with E-state index in [2.05, 4.69) is 54.2 Å². The van der Waals surface area contributed by atoms with E-state index in [9.17, 15) is 18.0 Å². The minimum absolute atomic E-state index is 0.188. The summed E-state index contributed by atoms with van der Waals surface area (Å²) in [4.78, 5) is 10.4. The van der Waals surface area contributed by atoms with Gasteiger partial charge in [0.2, 0.25) is 0 Å². The summed E-state index contributed by atoms with van der Waals surface area (Å²) < 4.78 is 31.1. The lowest BCUT2D eigenvalue weighted by Crippen LogP contribution is -2.23. The first-order valence-corrected chi connectivity index (χ1v) is 11.8. The summed E-state index contributed by atoms with van der Waals surface area (Å²) >= 11 is 1.78. The maximum atomic E-state index is 10.4. The second-order valence-corrected chi connectivity index (χ2v) is 8.21. The van der Waals surface area contributed by atoms with Gasteiger partial charge in [-0.15, -0.1) is 0 Å². The molecule has 1 aromatic heterocycles. The van der Waals surface area contributed by atoms with Crippen molar-refractivity contribution in [3.05, 3.63) is 58.3 Å². The Morgan fingerprint density at radius 3 is 2.09 bits per heavy atom. The summed E-state index contributed by atoms with van der Waals surface area (Å²) in [6.07, 6.45) is 3.03. The second-order valence-electron chi connectivity index (χ2n) is 7.46. The van der Waals surface area contributed by atoms with Crippen LogP contribution in [0, 0.1) is 6.92 Å². The Bertz CT molecular complexity index is 756. The van der Waals surface area contributed by atoms with Crippen molar-refractivity contribution in [2.45, 2.75) is 79.9 Å². The molecule has 0 saturated carbocycles. The molecule has 1 atom stereocenters. The van der Waals surface area contributed by atoms with Crippen LogP contribution in [-0.2, 0) is 11.2 Å². The van der Waals surface area contributed by atoms with Crippen molar-refractivity contribution >= 4 is 17.1 Å². The van der Waals surface area contributed by atoms with E-state index in [1.807, 2.05) is 40.0 Å². The lowest BCUT2D eigenvalue weighted by molar-refractivity contribution is -0.117. The molecule has 32 heavy (non-hydrogen) atoms. The largest absolute Gasteiger partial charge is 0.386 e. The zero-order valence-corrected chi connectivity index (χ0v) is 21.6. The van der Waals surface area contributed by atoms with Crippen LogP contribution in [0.4, 0.5) is 13.2 Å². The molecule has 1 N–H and O–H groups in total. The maximum Gasteiger partial charge on any atom is 0.386 e. The number of halogens is 3. The maximum absolute atomic E-state index is 10.4. The van der Waals surface area contributed by atoms with Gasteiger partial charge >= 0.3 is 6.18 Å². The molecule has 2 aromatic rings. The zero-order chi connectivity index (χ0) is 25.2. The molecule has 0 aliphatic heterocycles. The summed E-state index contributed by atoms with van der Waals surface area (Å²) in [5, 5.41) is 7.42. The molecular weight excluding hydrogens is 431 g/mol. The van der Waals surface area contributed by atoms with Gasteiger partial charge in [0.05, 0.1) is 0 Å². The molecule has 6 heteroatoms. The molecule has 0 spiro atoms. The number of nitrogens with one attached hydrogen (secondary N) is 1. The smallest absolute Gasteiger partial charge is 0.317 e. The van der Waals surface area contributed by atoms with E-state index in [0.29, 0.717) is 12.5 Å².